The average molecular weight is 342 g/mol. The third-order valence-corrected chi connectivity index (χ3v) is 3.05. The molecule has 0 aliphatic heterocycles. The number of nitrogens with zero attached hydrogens (tertiary/aromatic N) is 2. The van der Waals surface area contributed by atoms with Gasteiger partial charge in [0, 0.05) is 16.9 Å². The number of hydrogen-bond acceptors (Lipinski definition) is 3. The van der Waals surface area contributed by atoms with E-state index in [2.05, 4.69) is 15.9 Å². The van der Waals surface area contributed by atoms with E-state index >= 15 is 0 Å². The van der Waals surface area contributed by atoms with Crippen LogP contribution in [-0.4, -0.2) is 15.0 Å². The molecule has 0 fully saturated rings. The fraction of sp³-hybridized carbons (Fsp3) is 0.0833. The first-order valence-corrected chi connectivity index (χ1v) is 6.25. The summed E-state index contributed by atoms with van der Waals surface area (Å²) in [7, 11) is 0. The highest BCUT2D eigenvalue weighted by Gasteiger charge is 2.11. The molecule has 20 heavy (non-hydrogen) atoms. The van der Waals surface area contributed by atoms with Crippen LogP contribution < -0.4 is 16.9 Å². The molecular formula is C12H9BrFN3O3. The zero-order valence-electron chi connectivity index (χ0n) is 10.0. The van der Waals surface area contributed by atoms with Crippen LogP contribution in [0.4, 0.5) is 4.39 Å². The molecular weight excluding hydrogens is 333 g/mol. The number of benzene rings is 1. The predicted molar refractivity (Wildman–Crippen MR) is 73.2 cm³/mol. The summed E-state index contributed by atoms with van der Waals surface area (Å²) in [5.74, 6) is -1.41. The summed E-state index contributed by atoms with van der Waals surface area (Å²) in [6, 6.07) is 4.08. The van der Waals surface area contributed by atoms with Gasteiger partial charge in [-0.05, 0) is 18.2 Å². The van der Waals surface area contributed by atoms with Gasteiger partial charge in [-0.25, -0.2) is 4.39 Å². The first-order chi connectivity index (χ1) is 9.40. The van der Waals surface area contributed by atoms with Crippen LogP contribution in [-0.2, 0) is 11.3 Å². The topological polar surface area (TPSA) is 87.1 Å². The summed E-state index contributed by atoms with van der Waals surface area (Å²) >= 11 is 3.10. The van der Waals surface area contributed by atoms with Crippen molar-refractivity contribution in [2.45, 2.75) is 6.54 Å². The van der Waals surface area contributed by atoms with Crippen LogP contribution in [0.2, 0.25) is 0 Å². The lowest BCUT2D eigenvalue weighted by molar-refractivity contribution is -0.118. The maximum Gasteiger partial charge on any atom is 0.321 e. The minimum Gasteiger partial charge on any atom is -0.368 e. The normalized spacial score (nSPS) is 10.5. The highest BCUT2D eigenvalue weighted by molar-refractivity contribution is 9.10. The van der Waals surface area contributed by atoms with Crippen LogP contribution in [0, 0.1) is 5.82 Å². The SMILES string of the molecule is NC(=O)Cn1ccn(-c2ccc(Br)cc2F)c(=O)c1=O. The van der Waals surface area contributed by atoms with Crippen LogP contribution in [0.1, 0.15) is 0 Å². The molecule has 0 atom stereocenters. The van der Waals surface area contributed by atoms with Crippen molar-refractivity contribution in [1.29, 1.82) is 0 Å². The summed E-state index contributed by atoms with van der Waals surface area (Å²) in [4.78, 5) is 34.4. The van der Waals surface area contributed by atoms with Crippen LogP contribution in [0.15, 0.2) is 44.7 Å². The van der Waals surface area contributed by atoms with E-state index in [1.165, 1.54) is 24.5 Å². The van der Waals surface area contributed by atoms with Gasteiger partial charge in [0.05, 0.1) is 5.69 Å². The van der Waals surface area contributed by atoms with Crippen LogP contribution >= 0.6 is 15.9 Å². The van der Waals surface area contributed by atoms with Gasteiger partial charge in [0.25, 0.3) is 0 Å². The molecule has 1 aromatic carbocycles. The van der Waals surface area contributed by atoms with Gasteiger partial charge in [0.1, 0.15) is 12.4 Å². The lowest BCUT2D eigenvalue weighted by Crippen LogP contribution is -2.42. The van der Waals surface area contributed by atoms with E-state index in [1.807, 2.05) is 0 Å². The number of rotatable bonds is 3. The maximum absolute atomic E-state index is 13.8. The van der Waals surface area contributed by atoms with Gasteiger partial charge in [0.15, 0.2) is 0 Å². The van der Waals surface area contributed by atoms with Gasteiger partial charge in [-0.3, -0.25) is 23.5 Å². The lowest BCUT2D eigenvalue weighted by Gasteiger charge is -2.08. The van der Waals surface area contributed by atoms with Crippen molar-refractivity contribution in [2.75, 3.05) is 0 Å². The maximum atomic E-state index is 13.8. The Kier molecular flexibility index (Phi) is 3.84. The zero-order chi connectivity index (χ0) is 14.9. The molecule has 0 radical (unpaired) electrons. The van der Waals surface area contributed by atoms with Crippen molar-refractivity contribution in [2.24, 2.45) is 5.73 Å². The van der Waals surface area contributed by atoms with Gasteiger partial charge in [-0.15, -0.1) is 0 Å². The summed E-state index contributed by atoms with van der Waals surface area (Å²) in [6.07, 6.45) is 2.41. The molecule has 2 rings (SSSR count). The molecule has 0 saturated heterocycles. The first-order valence-electron chi connectivity index (χ1n) is 5.46. The van der Waals surface area contributed by atoms with Crippen molar-refractivity contribution in [3.63, 3.8) is 0 Å². The summed E-state index contributed by atoms with van der Waals surface area (Å²) in [5, 5.41) is 0. The smallest absolute Gasteiger partial charge is 0.321 e. The summed E-state index contributed by atoms with van der Waals surface area (Å²) < 4.78 is 16.0. The minimum atomic E-state index is -0.963. The lowest BCUT2D eigenvalue weighted by atomic mass is 10.3. The monoisotopic (exact) mass is 341 g/mol. The first kappa shape index (κ1) is 14.2. The number of aromatic nitrogens is 2. The highest BCUT2D eigenvalue weighted by atomic mass is 79.9. The Morgan fingerprint density at radius 3 is 2.55 bits per heavy atom. The Morgan fingerprint density at radius 1 is 1.25 bits per heavy atom. The molecule has 2 N–H and O–H groups in total. The van der Waals surface area contributed by atoms with Gasteiger partial charge < -0.3 is 5.73 Å². The van der Waals surface area contributed by atoms with E-state index in [-0.39, 0.29) is 5.69 Å². The third kappa shape index (κ3) is 2.69. The van der Waals surface area contributed by atoms with E-state index in [0.717, 1.165) is 9.13 Å². The molecule has 0 aliphatic carbocycles. The molecule has 104 valence electrons. The molecule has 0 aliphatic rings. The van der Waals surface area contributed by atoms with E-state index < -0.39 is 29.4 Å². The quantitative estimate of drug-likeness (QED) is 0.819. The molecule has 6 nitrogen and oxygen atoms in total. The number of primary amides is 1. The fourth-order valence-corrected chi connectivity index (χ4v) is 2.00. The molecule has 0 spiro atoms. The van der Waals surface area contributed by atoms with Crippen molar-refractivity contribution >= 4 is 21.8 Å². The number of amides is 1. The second-order valence-corrected chi connectivity index (χ2v) is 4.88. The third-order valence-electron chi connectivity index (χ3n) is 2.55. The molecule has 1 heterocycles. The van der Waals surface area contributed by atoms with Crippen LogP contribution in [0.25, 0.3) is 5.69 Å². The predicted octanol–water partition coefficient (Wildman–Crippen LogP) is 0.386. The van der Waals surface area contributed by atoms with Gasteiger partial charge in [0.2, 0.25) is 5.91 Å². The Labute approximate surface area is 120 Å². The minimum absolute atomic E-state index is 0.0541. The number of hydrogen-bond donors (Lipinski definition) is 1. The van der Waals surface area contributed by atoms with Crippen molar-refractivity contribution < 1.29 is 9.18 Å². The van der Waals surface area contributed by atoms with Gasteiger partial charge in [-0.2, -0.15) is 0 Å². The molecule has 2 aromatic rings. The fourth-order valence-electron chi connectivity index (χ4n) is 1.67. The van der Waals surface area contributed by atoms with Gasteiger partial charge >= 0.3 is 11.1 Å². The second-order valence-electron chi connectivity index (χ2n) is 3.97. The Bertz CT molecular complexity index is 797. The number of halogens is 2. The Morgan fingerprint density at radius 2 is 1.95 bits per heavy atom. The van der Waals surface area contributed by atoms with Crippen LogP contribution in [0.3, 0.4) is 0 Å². The largest absolute Gasteiger partial charge is 0.368 e. The summed E-state index contributed by atoms with van der Waals surface area (Å²) in [5.41, 5.74) is 2.99. The Balaban J connectivity index is 2.60. The molecule has 8 heteroatoms. The number of nitrogens with two attached hydrogens (primary N) is 1. The number of carbonyl (C=O) groups is 1. The molecule has 0 bridgehead atoms. The van der Waals surface area contributed by atoms with Crippen LogP contribution in [0.5, 0.6) is 0 Å². The molecule has 1 aromatic heterocycles. The average Bonchev–Trinajstić information content (AvgIpc) is 2.36. The van der Waals surface area contributed by atoms with E-state index in [1.54, 1.807) is 6.07 Å². The van der Waals surface area contributed by atoms with Gasteiger partial charge in [-0.1, -0.05) is 15.9 Å². The Hall–Kier alpha value is -2.22. The molecule has 1 amide bonds. The standard InChI is InChI=1S/C12H9BrFN3O3/c13-7-1-2-9(8(14)5-7)17-4-3-16(6-10(15)18)11(19)12(17)20/h1-5H,6H2,(H2,15,18). The second kappa shape index (κ2) is 5.41. The molecule has 0 saturated carbocycles. The van der Waals surface area contributed by atoms with Crippen molar-refractivity contribution in [3.05, 3.63) is 61.6 Å². The van der Waals surface area contributed by atoms with E-state index in [0.29, 0.717) is 4.47 Å². The van der Waals surface area contributed by atoms with E-state index in [4.69, 9.17) is 5.73 Å². The highest BCUT2D eigenvalue weighted by Crippen LogP contribution is 2.17. The number of carbonyl (C=O) groups excluding carboxylic acids is 1. The van der Waals surface area contributed by atoms with Crippen molar-refractivity contribution in [1.82, 2.24) is 9.13 Å². The zero-order valence-corrected chi connectivity index (χ0v) is 11.6. The van der Waals surface area contributed by atoms with E-state index in [9.17, 15) is 18.8 Å². The molecule has 0 unspecified atom stereocenters. The van der Waals surface area contributed by atoms with Crippen molar-refractivity contribution in [3.8, 4) is 5.69 Å². The summed E-state index contributed by atoms with van der Waals surface area (Å²) in [6.45, 7) is -0.405.